The van der Waals surface area contributed by atoms with Crippen LogP contribution in [0.25, 0.3) is 0 Å². The smallest absolute Gasteiger partial charge is 0.269 e. The average Bonchev–Trinajstić information content (AvgIpc) is 0.722. The fourth-order valence-electron chi connectivity index (χ4n) is 0. The molecule has 0 rings (SSSR count). The fourth-order valence-corrected chi connectivity index (χ4v) is 0. The summed E-state index contributed by atoms with van der Waals surface area (Å²) in [5.41, 5.74) is 0. The first-order valence-electron chi connectivity index (χ1n) is 0.698. The molecule has 0 aromatic carbocycles. The second-order valence-electron chi connectivity index (χ2n) is 0.448. The van der Waals surface area contributed by atoms with Crippen molar-refractivity contribution in [3.8, 4) is 0 Å². The molecule has 0 saturated heterocycles. The van der Waals surface area contributed by atoms with E-state index in [1.165, 1.54) is 0 Å². The van der Waals surface area contributed by atoms with E-state index in [1.54, 1.807) is 0 Å². The van der Waals surface area contributed by atoms with Crippen molar-refractivity contribution in [1.29, 1.82) is 0 Å². The number of hydrogen-bond acceptors (Lipinski definition) is 2. The minimum Gasteiger partial charge on any atom is -0.269 e. The molecule has 0 aromatic heterocycles. The Kier molecular flexibility index (Phi) is 22.9. The SMILES string of the molecule is F.O=S(=O)(O)O.[Fe].[Li]. The average molecular weight is 181 g/mol. The van der Waals surface area contributed by atoms with E-state index >= 15 is 0 Å². The van der Waals surface area contributed by atoms with Crippen molar-refractivity contribution >= 4 is 29.3 Å². The van der Waals surface area contributed by atoms with Crippen LogP contribution in [0.2, 0.25) is 0 Å². The summed E-state index contributed by atoms with van der Waals surface area (Å²) in [6.07, 6.45) is 0. The van der Waals surface area contributed by atoms with Gasteiger partial charge >= 0.3 is 10.4 Å². The van der Waals surface area contributed by atoms with Gasteiger partial charge in [-0.1, -0.05) is 0 Å². The Morgan fingerprint density at radius 2 is 1.12 bits per heavy atom. The van der Waals surface area contributed by atoms with Crippen molar-refractivity contribution in [2.75, 3.05) is 0 Å². The van der Waals surface area contributed by atoms with Crippen LogP contribution in [-0.2, 0) is 27.5 Å². The zero-order valence-electron chi connectivity index (χ0n) is 3.88. The quantitative estimate of drug-likeness (QED) is 0.375. The Balaban J connectivity index is -0.0000000267. The second kappa shape index (κ2) is 7.92. The van der Waals surface area contributed by atoms with Crippen LogP contribution in [0.1, 0.15) is 0 Å². The first-order valence-corrected chi connectivity index (χ1v) is 2.10. The van der Waals surface area contributed by atoms with Gasteiger partial charge in [-0.3, -0.25) is 13.8 Å². The molecule has 0 aromatic rings. The molecule has 0 spiro atoms. The number of rotatable bonds is 0. The van der Waals surface area contributed by atoms with Crippen LogP contribution in [0.4, 0.5) is 4.70 Å². The molecule has 8 heteroatoms. The summed E-state index contributed by atoms with van der Waals surface area (Å²) in [6, 6.07) is 0. The zero-order valence-corrected chi connectivity index (χ0v) is 5.80. The van der Waals surface area contributed by atoms with Gasteiger partial charge in [0, 0.05) is 35.9 Å². The third-order valence-electron chi connectivity index (χ3n) is 0. The summed E-state index contributed by atoms with van der Waals surface area (Å²) >= 11 is 0. The molecule has 8 heavy (non-hydrogen) atoms. The van der Waals surface area contributed by atoms with Gasteiger partial charge in [0.2, 0.25) is 0 Å². The van der Waals surface area contributed by atoms with Gasteiger partial charge in [0.25, 0.3) is 0 Å². The minimum absolute atomic E-state index is 0. The van der Waals surface area contributed by atoms with Gasteiger partial charge < -0.3 is 0 Å². The number of hydrogen-bond donors (Lipinski definition) is 2. The van der Waals surface area contributed by atoms with E-state index in [-0.39, 0.29) is 40.6 Å². The molecule has 1 radical (unpaired) electrons. The van der Waals surface area contributed by atoms with Crippen LogP contribution in [0.5, 0.6) is 0 Å². The second-order valence-corrected chi connectivity index (χ2v) is 1.34. The molecule has 0 atom stereocenters. The van der Waals surface area contributed by atoms with Crippen molar-refractivity contribution in [1.82, 2.24) is 0 Å². The van der Waals surface area contributed by atoms with Crippen LogP contribution < -0.4 is 0 Å². The van der Waals surface area contributed by atoms with Gasteiger partial charge in [-0.25, -0.2) is 0 Å². The summed E-state index contributed by atoms with van der Waals surface area (Å²) in [5.74, 6) is 0. The molecule has 0 bridgehead atoms. The van der Waals surface area contributed by atoms with E-state index in [0.29, 0.717) is 0 Å². The van der Waals surface area contributed by atoms with Crippen LogP contribution in [0.3, 0.4) is 0 Å². The molecule has 4 nitrogen and oxygen atoms in total. The summed E-state index contributed by atoms with van der Waals surface area (Å²) < 4.78 is 31.6. The Bertz CT molecular complexity index is 99.2. The van der Waals surface area contributed by atoms with Crippen LogP contribution in [-0.4, -0.2) is 36.4 Å². The van der Waals surface area contributed by atoms with Crippen molar-refractivity contribution in [2.45, 2.75) is 0 Å². The summed E-state index contributed by atoms with van der Waals surface area (Å²) in [4.78, 5) is 0. The van der Waals surface area contributed by atoms with E-state index in [1.807, 2.05) is 0 Å². The standard InChI is InChI=1S/FH.Fe.Li.H2O4S/c;;;1-5(2,3)4/h1H;;;(H2,1,2,3,4). The van der Waals surface area contributed by atoms with Crippen LogP contribution in [0, 0.1) is 0 Å². The van der Waals surface area contributed by atoms with Gasteiger partial charge in [-0.05, 0) is 0 Å². The summed E-state index contributed by atoms with van der Waals surface area (Å²) in [7, 11) is -4.67. The number of halogens is 1. The molecule has 0 aliphatic rings. The van der Waals surface area contributed by atoms with Gasteiger partial charge in [0.1, 0.15) is 0 Å². The predicted molar refractivity (Wildman–Crippen MR) is 22.4 cm³/mol. The maximum atomic E-state index is 8.74. The summed E-state index contributed by atoms with van der Waals surface area (Å²) in [5, 5.41) is 0. The molecule has 0 aliphatic carbocycles. The molecule has 0 heterocycles. The van der Waals surface area contributed by atoms with Crippen LogP contribution >= 0.6 is 0 Å². The maximum absolute atomic E-state index is 8.74. The largest absolute Gasteiger partial charge is 0.394 e. The van der Waals surface area contributed by atoms with E-state index in [4.69, 9.17) is 17.5 Å². The monoisotopic (exact) mass is 181 g/mol. The Hall–Kier alpha value is 0.917. The molecule has 0 saturated carbocycles. The molecule has 0 unspecified atom stereocenters. The third-order valence-corrected chi connectivity index (χ3v) is 0. The van der Waals surface area contributed by atoms with Crippen molar-refractivity contribution in [3.05, 3.63) is 0 Å². The van der Waals surface area contributed by atoms with Crippen molar-refractivity contribution in [3.63, 3.8) is 0 Å². The van der Waals surface area contributed by atoms with Gasteiger partial charge in [-0.15, -0.1) is 0 Å². The van der Waals surface area contributed by atoms with Gasteiger partial charge in [0.05, 0.1) is 0 Å². The van der Waals surface area contributed by atoms with E-state index < -0.39 is 10.4 Å². The molecule has 2 N–H and O–H groups in total. The maximum Gasteiger partial charge on any atom is 0.394 e. The molecule has 0 amide bonds. The molecular formula is H3FFeLiO4S. The Morgan fingerprint density at radius 1 is 1.12 bits per heavy atom. The fraction of sp³-hybridized carbons (Fsp3) is 0. The summed E-state index contributed by atoms with van der Waals surface area (Å²) in [6.45, 7) is 0. The van der Waals surface area contributed by atoms with Crippen molar-refractivity contribution in [2.24, 2.45) is 0 Å². The first kappa shape index (κ1) is 23.1. The molecule has 49 valence electrons. The zero-order chi connectivity index (χ0) is 4.50. The Morgan fingerprint density at radius 3 is 1.12 bits per heavy atom. The molecular weight excluding hydrogens is 178 g/mol. The topological polar surface area (TPSA) is 74.6 Å². The normalized spacial score (nSPS) is 7.25. The van der Waals surface area contributed by atoms with E-state index in [2.05, 4.69) is 0 Å². The van der Waals surface area contributed by atoms with Gasteiger partial charge in [-0.2, -0.15) is 8.42 Å². The minimum atomic E-state index is -4.67. The molecule has 0 fully saturated rings. The predicted octanol–water partition coefficient (Wildman–Crippen LogP) is -0.884. The van der Waals surface area contributed by atoms with E-state index in [9.17, 15) is 0 Å². The van der Waals surface area contributed by atoms with Crippen molar-refractivity contribution < 1.29 is 39.3 Å². The molecule has 0 aliphatic heterocycles. The Labute approximate surface area is 68.6 Å². The van der Waals surface area contributed by atoms with Gasteiger partial charge in [0.15, 0.2) is 0 Å². The third kappa shape index (κ3) is 288. The van der Waals surface area contributed by atoms with Crippen LogP contribution in [0.15, 0.2) is 0 Å². The first-order chi connectivity index (χ1) is 2.00. The van der Waals surface area contributed by atoms with E-state index in [0.717, 1.165) is 0 Å².